The summed E-state index contributed by atoms with van der Waals surface area (Å²) < 4.78 is 10.2. The van der Waals surface area contributed by atoms with E-state index in [-0.39, 0.29) is 5.78 Å². The predicted octanol–water partition coefficient (Wildman–Crippen LogP) is 6.76. The molecular formula is C30H24Cl2N4O4. The molecule has 3 N–H and O–H groups in total. The Morgan fingerprint density at radius 3 is 1.88 bits per heavy atom. The van der Waals surface area contributed by atoms with E-state index < -0.39 is 6.10 Å². The number of aromatic amines is 2. The molecule has 4 heterocycles. The van der Waals surface area contributed by atoms with Gasteiger partial charge in [-0.25, -0.2) is 9.97 Å². The third-order valence-electron chi connectivity index (χ3n) is 6.39. The van der Waals surface area contributed by atoms with Crippen LogP contribution in [0.5, 0.6) is 11.5 Å². The zero-order valence-corrected chi connectivity index (χ0v) is 23.0. The molecule has 1 unspecified atom stereocenters. The highest BCUT2D eigenvalue weighted by Crippen LogP contribution is 2.33. The summed E-state index contributed by atoms with van der Waals surface area (Å²) >= 11 is 12.6. The smallest absolute Gasteiger partial charge is 0.196 e. The molecule has 8 nitrogen and oxygen atoms in total. The number of fused-ring (bicyclic) bond motifs is 2. The number of carbonyl (C=O) groups excluding carboxylic acids is 1. The molecule has 0 radical (unpaired) electrons. The molecule has 0 fully saturated rings. The topological polar surface area (TPSA) is 113 Å². The van der Waals surface area contributed by atoms with Crippen molar-refractivity contribution in [1.29, 1.82) is 0 Å². The highest BCUT2D eigenvalue weighted by atomic mass is 35.5. The zero-order chi connectivity index (χ0) is 28.2. The second-order valence-corrected chi connectivity index (χ2v) is 9.48. The van der Waals surface area contributed by atoms with Crippen LogP contribution in [0, 0.1) is 0 Å². The Morgan fingerprint density at radius 2 is 1.30 bits per heavy atom. The van der Waals surface area contributed by atoms with Crippen molar-refractivity contribution < 1.29 is 19.4 Å². The van der Waals surface area contributed by atoms with Crippen molar-refractivity contribution in [3.63, 3.8) is 0 Å². The summed E-state index contributed by atoms with van der Waals surface area (Å²) in [4.78, 5) is 26.9. The summed E-state index contributed by atoms with van der Waals surface area (Å²) in [6, 6.07) is 17.8. The number of ketones is 1. The third-order valence-corrected chi connectivity index (χ3v) is 7.22. The minimum Gasteiger partial charge on any atom is -0.497 e. The molecule has 10 heteroatoms. The van der Waals surface area contributed by atoms with Crippen LogP contribution in [-0.4, -0.2) is 45.0 Å². The molecule has 2 aromatic carbocycles. The maximum Gasteiger partial charge on any atom is 0.196 e. The summed E-state index contributed by atoms with van der Waals surface area (Å²) in [7, 11) is 3.18. The first kappa shape index (κ1) is 27.2. The van der Waals surface area contributed by atoms with Crippen LogP contribution in [0.3, 0.4) is 0 Å². The van der Waals surface area contributed by atoms with Crippen LogP contribution in [0.1, 0.15) is 33.2 Å². The number of nitrogens with one attached hydrogen (secondary N) is 2. The van der Waals surface area contributed by atoms with Gasteiger partial charge in [0, 0.05) is 46.7 Å². The number of nitrogens with zero attached hydrogens (tertiary/aromatic N) is 2. The predicted molar refractivity (Wildman–Crippen MR) is 156 cm³/mol. The fourth-order valence-corrected chi connectivity index (χ4v) is 4.77. The van der Waals surface area contributed by atoms with E-state index in [4.69, 9.17) is 32.7 Å². The normalized spacial score (nSPS) is 11.6. The number of benzene rings is 2. The van der Waals surface area contributed by atoms with Gasteiger partial charge in [0.1, 0.15) is 28.9 Å². The van der Waals surface area contributed by atoms with Gasteiger partial charge >= 0.3 is 0 Å². The minimum absolute atomic E-state index is 0.159. The Balaban J connectivity index is 0.000000161. The standard InChI is InChI=1S/C15H13ClN2O2.C15H11ClN2O2/c2*1-20-10-4-2-9(3-5-10)14(19)12-8-18-15-11(13(12)16)6-7-17-15/h2-8,14,19H,1H3,(H,17,18);2-8H,1H3,(H,17,18). The maximum atomic E-state index is 12.5. The van der Waals surface area contributed by atoms with Gasteiger partial charge in [0.25, 0.3) is 0 Å². The van der Waals surface area contributed by atoms with Crippen molar-refractivity contribution in [2.24, 2.45) is 0 Å². The first-order valence-corrected chi connectivity index (χ1v) is 12.9. The summed E-state index contributed by atoms with van der Waals surface area (Å²) in [6.45, 7) is 0. The van der Waals surface area contributed by atoms with E-state index in [9.17, 15) is 9.90 Å². The van der Waals surface area contributed by atoms with Crippen LogP contribution in [0.2, 0.25) is 10.0 Å². The average molecular weight is 575 g/mol. The molecule has 0 spiro atoms. The van der Waals surface area contributed by atoms with Crippen LogP contribution in [0.15, 0.2) is 85.5 Å². The Kier molecular flexibility index (Phi) is 8.02. The first-order valence-electron chi connectivity index (χ1n) is 12.1. The van der Waals surface area contributed by atoms with Gasteiger partial charge in [-0.3, -0.25) is 4.79 Å². The second kappa shape index (κ2) is 11.8. The number of ether oxygens (including phenoxy) is 2. The largest absolute Gasteiger partial charge is 0.497 e. The third kappa shape index (κ3) is 5.37. The number of halogens is 2. The molecule has 0 saturated heterocycles. The first-order chi connectivity index (χ1) is 19.4. The molecule has 1 atom stereocenters. The number of H-pyrrole nitrogens is 2. The van der Waals surface area contributed by atoms with Crippen molar-refractivity contribution in [1.82, 2.24) is 19.9 Å². The van der Waals surface area contributed by atoms with Crippen LogP contribution in [-0.2, 0) is 0 Å². The summed E-state index contributed by atoms with van der Waals surface area (Å²) in [6.07, 6.45) is 5.78. The number of aromatic nitrogens is 4. The Labute approximate surface area is 239 Å². The fraction of sp³-hybridized carbons (Fsp3) is 0.100. The Morgan fingerprint density at radius 1 is 0.775 bits per heavy atom. The van der Waals surface area contributed by atoms with Crippen molar-refractivity contribution in [2.75, 3.05) is 14.2 Å². The van der Waals surface area contributed by atoms with Gasteiger partial charge < -0.3 is 24.5 Å². The lowest BCUT2D eigenvalue weighted by atomic mass is 10.0. The van der Waals surface area contributed by atoms with E-state index in [2.05, 4.69) is 19.9 Å². The number of aliphatic hydroxyl groups excluding tert-OH is 1. The monoisotopic (exact) mass is 574 g/mol. The number of rotatable bonds is 6. The van der Waals surface area contributed by atoms with Crippen LogP contribution >= 0.6 is 23.2 Å². The number of hydrogen-bond donors (Lipinski definition) is 3. The van der Waals surface area contributed by atoms with Gasteiger partial charge in [-0.1, -0.05) is 35.3 Å². The van der Waals surface area contributed by atoms with Crippen molar-refractivity contribution in [3.8, 4) is 11.5 Å². The van der Waals surface area contributed by atoms with Crippen molar-refractivity contribution in [3.05, 3.63) is 118 Å². The summed E-state index contributed by atoms with van der Waals surface area (Å²) in [5, 5.41) is 12.9. The molecule has 6 rings (SSSR count). The van der Waals surface area contributed by atoms with Gasteiger partial charge in [-0.05, 0) is 54.1 Å². The molecule has 0 aliphatic rings. The highest BCUT2D eigenvalue weighted by Gasteiger charge is 2.18. The average Bonchev–Trinajstić information content (AvgIpc) is 3.68. The summed E-state index contributed by atoms with van der Waals surface area (Å²) in [5.41, 5.74) is 3.64. The lowest BCUT2D eigenvalue weighted by molar-refractivity contribution is 0.103. The Hall–Kier alpha value is -4.37. The SMILES string of the molecule is COc1ccc(C(=O)c2cnc3[nH]ccc3c2Cl)cc1.COc1ccc(C(O)c2cnc3[nH]ccc3c2Cl)cc1. The molecule has 4 aromatic heterocycles. The molecule has 0 amide bonds. The van der Waals surface area contributed by atoms with E-state index in [0.717, 1.165) is 22.1 Å². The van der Waals surface area contributed by atoms with Crippen LogP contribution < -0.4 is 9.47 Å². The van der Waals surface area contributed by atoms with Crippen molar-refractivity contribution >= 4 is 51.1 Å². The quantitative estimate of drug-likeness (QED) is 0.189. The maximum absolute atomic E-state index is 12.5. The van der Waals surface area contributed by atoms with E-state index in [1.165, 1.54) is 6.20 Å². The number of methoxy groups -OCH3 is 2. The zero-order valence-electron chi connectivity index (χ0n) is 21.5. The molecule has 0 bridgehead atoms. The van der Waals surface area contributed by atoms with Crippen molar-refractivity contribution in [2.45, 2.75) is 6.10 Å². The number of pyridine rings is 2. The van der Waals surface area contributed by atoms with E-state index in [1.807, 2.05) is 6.07 Å². The molecule has 0 aliphatic carbocycles. The minimum atomic E-state index is -0.819. The molecule has 6 aromatic rings. The molecule has 202 valence electrons. The van der Waals surface area contributed by atoms with E-state index >= 15 is 0 Å². The van der Waals surface area contributed by atoms with Gasteiger partial charge in [0.05, 0.1) is 29.8 Å². The lowest BCUT2D eigenvalue weighted by Gasteiger charge is -2.13. The number of aliphatic hydroxyl groups is 1. The Bertz CT molecular complexity index is 1780. The summed E-state index contributed by atoms with van der Waals surface area (Å²) in [5.74, 6) is 1.28. The van der Waals surface area contributed by atoms with E-state index in [0.29, 0.717) is 43.8 Å². The highest BCUT2D eigenvalue weighted by molar-refractivity contribution is 6.39. The molecular weight excluding hydrogens is 551 g/mol. The second-order valence-electron chi connectivity index (χ2n) is 8.73. The number of carbonyl (C=O) groups is 1. The molecule has 0 aliphatic heterocycles. The van der Waals surface area contributed by atoms with Gasteiger partial charge in [-0.15, -0.1) is 0 Å². The van der Waals surface area contributed by atoms with E-state index in [1.54, 1.807) is 87.4 Å². The fourth-order valence-electron chi connectivity index (χ4n) is 4.18. The van der Waals surface area contributed by atoms with Crippen LogP contribution in [0.4, 0.5) is 0 Å². The number of hydrogen-bond acceptors (Lipinski definition) is 6. The lowest BCUT2D eigenvalue weighted by Crippen LogP contribution is -2.03. The molecule has 0 saturated carbocycles. The van der Waals surface area contributed by atoms with Crippen LogP contribution in [0.25, 0.3) is 22.1 Å². The molecule has 40 heavy (non-hydrogen) atoms. The van der Waals surface area contributed by atoms with Gasteiger partial charge in [-0.2, -0.15) is 0 Å². The van der Waals surface area contributed by atoms with Gasteiger partial charge in [0.15, 0.2) is 5.78 Å². The van der Waals surface area contributed by atoms with Gasteiger partial charge in [0.2, 0.25) is 0 Å².